The minimum Gasteiger partial charge on any atom is -0.484 e. The predicted octanol–water partition coefficient (Wildman–Crippen LogP) is 1.77. The molecule has 0 fully saturated rings. The number of benzene rings is 1. The SMILES string of the molecule is CSc1nnc(C)n1NC(=O)COc1ccc(C)cc1. The molecule has 1 N–H and O–H groups in total. The highest BCUT2D eigenvalue weighted by atomic mass is 32.2. The molecule has 20 heavy (non-hydrogen) atoms. The molecule has 0 atom stereocenters. The Labute approximate surface area is 121 Å². The summed E-state index contributed by atoms with van der Waals surface area (Å²) in [6.45, 7) is 3.71. The Kier molecular flexibility index (Phi) is 4.62. The minimum absolute atomic E-state index is 0.0610. The summed E-state index contributed by atoms with van der Waals surface area (Å²) in [7, 11) is 0. The van der Waals surface area contributed by atoms with E-state index in [1.165, 1.54) is 11.8 Å². The van der Waals surface area contributed by atoms with E-state index in [1.54, 1.807) is 11.6 Å². The van der Waals surface area contributed by atoms with Crippen molar-refractivity contribution >= 4 is 17.7 Å². The van der Waals surface area contributed by atoms with Gasteiger partial charge in [-0.05, 0) is 32.2 Å². The van der Waals surface area contributed by atoms with Crippen LogP contribution in [0, 0.1) is 13.8 Å². The second-order valence-electron chi connectivity index (χ2n) is 4.21. The van der Waals surface area contributed by atoms with Gasteiger partial charge in [0.2, 0.25) is 5.16 Å². The van der Waals surface area contributed by atoms with Crippen molar-refractivity contribution in [3.05, 3.63) is 35.7 Å². The summed E-state index contributed by atoms with van der Waals surface area (Å²) in [5.41, 5.74) is 3.84. The maximum Gasteiger partial charge on any atom is 0.276 e. The van der Waals surface area contributed by atoms with E-state index >= 15 is 0 Å². The summed E-state index contributed by atoms with van der Waals surface area (Å²) in [6, 6.07) is 7.53. The first-order chi connectivity index (χ1) is 9.60. The first-order valence-corrected chi connectivity index (χ1v) is 7.28. The number of rotatable bonds is 5. The van der Waals surface area contributed by atoms with E-state index in [9.17, 15) is 4.79 Å². The summed E-state index contributed by atoms with van der Waals surface area (Å²) in [5.74, 6) is 1.03. The van der Waals surface area contributed by atoms with Gasteiger partial charge in [-0.1, -0.05) is 29.5 Å². The summed E-state index contributed by atoms with van der Waals surface area (Å²) in [5, 5.41) is 8.47. The molecule has 0 bridgehead atoms. The van der Waals surface area contributed by atoms with Gasteiger partial charge in [-0.2, -0.15) is 0 Å². The molecule has 2 aromatic rings. The molecule has 0 radical (unpaired) electrons. The van der Waals surface area contributed by atoms with Gasteiger partial charge in [-0.25, -0.2) is 4.68 Å². The van der Waals surface area contributed by atoms with E-state index in [0.29, 0.717) is 16.7 Å². The van der Waals surface area contributed by atoms with Crippen molar-refractivity contribution in [2.45, 2.75) is 19.0 Å². The number of nitrogens with one attached hydrogen (secondary N) is 1. The molecule has 1 heterocycles. The summed E-state index contributed by atoms with van der Waals surface area (Å²) in [4.78, 5) is 11.8. The number of carbonyl (C=O) groups is 1. The van der Waals surface area contributed by atoms with Crippen LogP contribution in [-0.2, 0) is 4.79 Å². The van der Waals surface area contributed by atoms with Crippen LogP contribution in [0.25, 0.3) is 0 Å². The number of aromatic nitrogens is 3. The lowest BCUT2D eigenvalue weighted by Gasteiger charge is -2.10. The van der Waals surface area contributed by atoms with Gasteiger partial charge in [0.05, 0.1) is 0 Å². The van der Waals surface area contributed by atoms with Crippen LogP contribution in [0.1, 0.15) is 11.4 Å². The highest BCUT2D eigenvalue weighted by molar-refractivity contribution is 7.98. The molecule has 1 aromatic carbocycles. The molecule has 1 aromatic heterocycles. The van der Waals surface area contributed by atoms with Crippen molar-refractivity contribution in [1.82, 2.24) is 14.9 Å². The van der Waals surface area contributed by atoms with E-state index < -0.39 is 0 Å². The molecule has 0 spiro atoms. The van der Waals surface area contributed by atoms with Gasteiger partial charge in [0.1, 0.15) is 11.6 Å². The fourth-order valence-electron chi connectivity index (χ4n) is 1.54. The smallest absolute Gasteiger partial charge is 0.276 e. The van der Waals surface area contributed by atoms with E-state index in [2.05, 4.69) is 15.6 Å². The number of amides is 1. The lowest BCUT2D eigenvalue weighted by Crippen LogP contribution is -2.29. The molecule has 0 aliphatic carbocycles. The lowest BCUT2D eigenvalue weighted by molar-refractivity contribution is -0.119. The maximum atomic E-state index is 11.8. The molecule has 0 aliphatic rings. The fraction of sp³-hybridized carbons (Fsp3) is 0.308. The molecule has 0 saturated carbocycles. The molecule has 2 rings (SSSR count). The van der Waals surface area contributed by atoms with Crippen molar-refractivity contribution in [1.29, 1.82) is 0 Å². The Bertz CT molecular complexity index is 595. The predicted molar refractivity (Wildman–Crippen MR) is 77.6 cm³/mol. The summed E-state index contributed by atoms with van der Waals surface area (Å²) >= 11 is 1.41. The van der Waals surface area contributed by atoms with Crippen LogP contribution in [0.2, 0.25) is 0 Å². The van der Waals surface area contributed by atoms with Gasteiger partial charge in [-0.3, -0.25) is 10.2 Å². The third-order valence-electron chi connectivity index (χ3n) is 2.61. The number of carbonyl (C=O) groups excluding carboxylic acids is 1. The average molecular weight is 292 g/mol. The molecule has 0 saturated heterocycles. The molecular formula is C13H16N4O2S. The van der Waals surface area contributed by atoms with Gasteiger partial charge in [0.25, 0.3) is 5.91 Å². The van der Waals surface area contributed by atoms with Crippen molar-refractivity contribution < 1.29 is 9.53 Å². The highest BCUT2D eigenvalue weighted by Crippen LogP contribution is 2.12. The van der Waals surface area contributed by atoms with Gasteiger partial charge in [0, 0.05) is 0 Å². The van der Waals surface area contributed by atoms with E-state index in [1.807, 2.05) is 37.4 Å². The fourth-order valence-corrected chi connectivity index (χ4v) is 2.03. The van der Waals surface area contributed by atoms with Crippen LogP contribution in [0.15, 0.2) is 29.4 Å². The standard InChI is InChI=1S/C13H16N4O2S/c1-9-4-6-11(7-5-9)19-8-12(18)16-17-10(2)14-15-13(17)20-3/h4-7H,8H2,1-3H3,(H,16,18). The van der Waals surface area contributed by atoms with Crippen molar-refractivity contribution in [2.75, 3.05) is 18.3 Å². The monoisotopic (exact) mass is 292 g/mol. The molecule has 6 nitrogen and oxygen atoms in total. The maximum absolute atomic E-state index is 11.8. The largest absolute Gasteiger partial charge is 0.484 e. The highest BCUT2D eigenvalue weighted by Gasteiger charge is 2.11. The van der Waals surface area contributed by atoms with Gasteiger partial charge in [-0.15, -0.1) is 10.2 Å². The van der Waals surface area contributed by atoms with Gasteiger partial charge in [0.15, 0.2) is 6.61 Å². The molecular weight excluding hydrogens is 276 g/mol. The number of hydrogen-bond acceptors (Lipinski definition) is 5. The van der Waals surface area contributed by atoms with Crippen LogP contribution < -0.4 is 10.2 Å². The Morgan fingerprint density at radius 1 is 1.30 bits per heavy atom. The quantitative estimate of drug-likeness (QED) is 0.851. The zero-order valence-corrected chi connectivity index (χ0v) is 12.4. The third kappa shape index (κ3) is 3.51. The lowest BCUT2D eigenvalue weighted by atomic mass is 10.2. The second kappa shape index (κ2) is 6.42. The van der Waals surface area contributed by atoms with Crippen LogP contribution in [0.3, 0.4) is 0 Å². The van der Waals surface area contributed by atoms with Crippen LogP contribution in [-0.4, -0.2) is 33.6 Å². The third-order valence-corrected chi connectivity index (χ3v) is 3.23. The Morgan fingerprint density at radius 3 is 2.65 bits per heavy atom. The zero-order chi connectivity index (χ0) is 14.5. The molecule has 7 heteroatoms. The summed E-state index contributed by atoms with van der Waals surface area (Å²) in [6.07, 6.45) is 1.87. The van der Waals surface area contributed by atoms with E-state index in [-0.39, 0.29) is 12.5 Å². The van der Waals surface area contributed by atoms with Crippen molar-refractivity contribution in [3.8, 4) is 5.75 Å². The number of hydrogen-bond donors (Lipinski definition) is 1. The van der Waals surface area contributed by atoms with Crippen LogP contribution in [0.5, 0.6) is 5.75 Å². The zero-order valence-electron chi connectivity index (χ0n) is 11.6. The second-order valence-corrected chi connectivity index (χ2v) is 4.98. The van der Waals surface area contributed by atoms with Gasteiger partial charge >= 0.3 is 0 Å². The number of nitrogens with zero attached hydrogens (tertiary/aromatic N) is 3. The van der Waals surface area contributed by atoms with E-state index in [0.717, 1.165) is 5.56 Å². The topological polar surface area (TPSA) is 69.0 Å². The Balaban J connectivity index is 1.92. The first kappa shape index (κ1) is 14.4. The molecule has 1 amide bonds. The van der Waals surface area contributed by atoms with Crippen LogP contribution >= 0.6 is 11.8 Å². The number of ether oxygens (including phenoxy) is 1. The average Bonchev–Trinajstić information content (AvgIpc) is 2.79. The Hall–Kier alpha value is -2.02. The molecule has 106 valence electrons. The van der Waals surface area contributed by atoms with Crippen molar-refractivity contribution in [2.24, 2.45) is 0 Å². The number of aryl methyl sites for hydroxylation is 2. The summed E-state index contributed by atoms with van der Waals surface area (Å²) < 4.78 is 6.96. The number of thioether (sulfide) groups is 1. The van der Waals surface area contributed by atoms with Gasteiger partial charge < -0.3 is 4.74 Å². The minimum atomic E-state index is -0.260. The van der Waals surface area contributed by atoms with Crippen molar-refractivity contribution in [3.63, 3.8) is 0 Å². The molecule has 0 unspecified atom stereocenters. The van der Waals surface area contributed by atoms with Crippen LogP contribution in [0.4, 0.5) is 0 Å². The first-order valence-electron chi connectivity index (χ1n) is 6.05. The Morgan fingerprint density at radius 2 is 2.00 bits per heavy atom. The molecule has 0 aliphatic heterocycles. The van der Waals surface area contributed by atoms with E-state index in [4.69, 9.17) is 4.74 Å². The normalized spacial score (nSPS) is 10.3.